The lowest BCUT2D eigenvalue weighted by Crippen LogP contribution is -2.07. The van der Waals surface area contributed by atoms with E-state index in [0.29, 0.717) is 17.5 Å². The molecule has 0 saturated heterocycles. The summed E-state index contributed by atoms with van der Waals surface area (Å²) in [5, 5.41) is 0. The van der Waals surface area contributed by atoms with E-state index in [9.17, 15) is 4.79 Å². The molecule has 0 N–H and O–H groups in total. The largest absolute Gasteiger partial charge is 0.496 e. The monoisotopic (exact) mass is 348 g/mol. The Bertz CT molecular complexity index is 920. The summed E-state index contributed by atoms with van der Waals surface area (Å²) in [5.41, 5.74) is 4.41. The molecule has 134 valence electrons. The van der Waals surface area contributed by atoms with Gasteiger partial charge in [-0.05, 0) is 49.6 Å². The molecule has 1 heterocycles. The van der Waals surface area contributed by atoms with Crippen LogP contribution >= 0.6 is 0 Å². The highest BCUT2D eigenvalue weighted by Crippen LogP contribution is 2.28. The Morgan fingerprint density at radius 3 is 2.46 bits per heavy atom. The normalized spacial score (nSPS) is 10.8. The Balaban J connectivity index is 2.02. The molecule has 3 aromatic rings. The van der Waals surface area contributed by atoms with Gasteiger partial charge in [0.15, 0.2) is 5.78 Å². The van der Waals surface area contributed by atoms with E-state index in [1.54, 1.807) is 7.11 Å². The van der Waals surface area contributed by atoms with Crippen molar-refractivity contribution in [3.63, 3.8) is 0 Å². The fraction of sp³-hybridized carbons (Fsp3) is 0.261. The molecule has 1 aromatic heterocycles. The highest BCUT2D eigenvalue weighted by molar-refractivity contribution is 6.11. The number of ketones is 1. The second-order valence-electron chi connectivity index (χ2n) is 6.45. The van der Waals surface area contributed by atoms with Crippen molar-refractivity contribution in [3.8, 4) is 5.75 Å². The molecule has 0 bridgehead atoms. The number of rotatable bonds is 6. The predicted molar refractivity (Wildman–Crippen MR) is 103 cm³/mol. The van der Waals surface area contributed by atoms with Crippen LogP contribution in [-0.2, 0) is 12.8 Å². The molecule has 26 heavy (non-hydrogen) atoms. The van der Waals surface area contributed by atoms with E-state index < -0.39 is 0 Å². The first-order valence-electron chi connectivity index (χ1n) is 8.89. The first kappa shape index (κ1) is 18.0. The highest BCUT2D eigenvalue weighted by atomic mass is 16.5. The molecule has 0 amide bonds. The minimum atomic E-state index is 0.00244. The van der Waals surface area contributed by atoms with Crippen LogP contribution in [0.4, 0.5) is 0 Å². The van der Waals surface area contributed by atoms with Crippen molar-refractivity contribution in [2.75, 3.05) is 7.11 Å². The molecular weight excluding hydrogens is 324 g/mol. The number of benzene rings is 2. The Morgan fingerprint density at radius 1 is 1.08 bits per heavy atom. The standard InChI is InChI=1S/C23H24O3/c1-5-18-14-19(11-12-20(18)25-4)23(24)22-15(2)16(3)26-21(22)13-17-9-7-6-8-10-17/h6-12,14H,5,13H2,1-4H3. The van der Waals surface area contributed by atoms with Crippen molar-refractivity contribution in [3.05, 3.63) is 87.9 Å². The van der Waals surface area contributed by atoms with Crippen molar-refractivity contribution in [1.82, 2.24) is 0 Å². The fourth-order valence-electron chi connectivity index (χ4n) is 3.24. The molecule has 0 aliphatic rings. The lowest BCUT2D eigenvalue weighted by molar-refractivity contribution is 0.103. The zero-order valence-electron chi connectivity index (χ0n) is 15.8. The zero-order valence-corrected chi connectivity index (χ0v) is 15.8. The molecular formula is C23H24O3. The molecule has 0 aliphatic heterocycles. The maximum absolute atomic E-state index is 13.3. The Labute approximate surface area is 154 Å². The third-order valence-corrected chi connectivity index (χ3v) is 4.82. The van der Waals surface area contributed by atoms with Gasteiger partial charge in [0.25, 0.3) is 0 Å². The van der Waals surface area contributed by atoms with E-state index in [2.05, 4.69) is 6.92 Å². The second-order valence-corrected chi connectivity index (χ2v) is 6.45. The summed E-state index contributed by atoms with van der Waals surface area (Å²) in [5.74, 6) is 2.34. The summed E-state index contributed by atoms with van der Waals surface area (Å²) in [4.78, 5) is 13.3. The van der Waals surface area contributed by atoms with Crippen LogP contribution in [0.3, 0.4) is 0 Å². The molecule has 0 unspecified atom stereocenters. The smallest absolute Gasteiger partial charge is 0.196 e. The van der Waals surface area contributed by atoms with Gasteiger partial charge in [0.05, 0.1) is 12.7 Å². The summed E-state index contributed by atoms with van der Waals surface area (Å²) in [6.07, 6.45) is 1.41. The van der Waals surface area contributed by atoms with Crippen LogP contribution in [0, 0.1) is 13.8 Å². The minimum Gasteiger partial charge on any atom is -0.496 e. The molecule has 0 radical (unpaired) electrons. The number of hydrogen-bond donors (Lipinski definition) is 0. The van der Waals surface area contributed by atoms with Crippen molar-refractivity contribution >= 4 is 5.78 Å². The molecule has 0 fully saturated rings. The maximum atomic E-state index is 13.3. The summed E-state index contributed by atoms with van der Waals surface area (Å²) in [6, 6.07) is 15.7. The van der Waals surface area contributed by atoms with Crippen LogP contribution in [0.25, 0.3) is 0 Å². The molecule has 0 atom stereocenters. The lowest BCUT2D eigenvalue weighted by atomic mass is 9.95. The van der Waals surface area contributed by atoms with E-state index in [1.165, 1.54) is 0 Å². The number of carbonyl (C=O) groups excluding carboxylic acids is 1. The minimum absolute atomic E-state index is 0.00244. The number of furan rings is 1. The maximum Gasteiger partial charge on any atom is 0.196 e. The molecule has 0 saturated carbocycles. The SMILES string of the molecule is CCc1cc(C(=O)c2c(Cc3ccccc3)oc(C)c2C)ccc1OC. The van der Waals surface area contributed by atoms with Gasteiger partial charge in [-0.15, -0.1) is 0 Å². The highest BCUT2D eigenvalue weighted by Gasteiger charge is 2.23. The van der Waals surface area contributed by atoms with E-state index in [-0.39, 0.29) is 5.78 Å². The van der Waals surface area contributed by atoms with Gasteiger partial charge in [0, 0.05) is 17.5 Å². The number of ether oxygens (including phenoxy) is 1. The molecule has 3 heteroatoms. The van der Waals surface area contributed by atoms with Crippen LogP contribution in [0.1, 0.15) is 51.1 Å². The summed E-state index contributed by atoms with van der Waals surface area (Å²) < 4.78 is 11.3. The lowest BCUT2D eigenvalue weighted by Gasteiger charge is -2.09. The summed E-state index contributed by atoms with van der Waals surface area (Å²) >= 11 is 0. The summed E-state index contributed by atoms with van der Waals surface area (Å²) in [7, 11) is 1.65. The topological polar surface area (TPSA) is 39.4 Å². The van der Waals surface area contributed by atoms with Crippen LogP contribution in [0.2, 0.25) is 0 Å². The summed E-state index contributed by atoms with van der Waals surface area (Å²) in [6.45, 7) is 5.91. The first-order chi connectivity index (χ1) is 12.5. The second kappa shape index (κ2) is 7.61. The van der Waals surface area contributed by atoms with Crippen molar-refractivity contribution in [1.29, 1.82) is 0 Å². The van der Waals surface area contributed by atoms with Gasteiger partial charge in [-0.25, -0.2) is 0 Å². The number of aryl methyl sites for hydroxylation is 2. The Morgan fingerprint density at radius 2 is 1.81 bits per heavy atom. The average molecular weight is 348 g/mol. The predicted octanol–water partition coefficient (Wildman–Crippen LogP) is 5.29. The average Bonchev–Trinajstić information content (AvgIpc) is 2.94. The van der Waals surface area contributed by atoms with Gasteiger partial charge in [-0.1, -0.05) is 37.3 Å². The van der Waals surface area contributed by atoms with E-state index in [1.807, 2.05) is 62.4 Å². The molecule has 3 rings (SSSR count). The van der Waals surface area contributed by atoms with Crippen molar-refractivity contribution in [2.45, 2.75) is 33.6 Å². The van der Waals surface area contributed by atoms with Gasteiger partial charge in [-0.2, -0.15) is 0 Å². The van der Waals surface area contributed by atoms with Gasteiger partial charge in [0.1, 0.15) is 17.3 Å². The number of carbonyl (C=O) groups is 1. The van der Waals surface area contributed by atoms with Gasteiger partial charge < -0.3 is 9.15 Å². The third-order valence-electron chi connectivity index (χ3n) is 4.82. The Hall–Kier alpha value is -2.81. The molecule has 0 spiro atoms. The van der Waals surface area contributed by atoms with Crippen molar-refractivity contribution in [2.24, 2.45) is 0 Å². The van der Waals surface area contributed by atoms with Crippen molar-refractivity contribution < 1.29 is 13.9 Å². The zero-order chi connectivity index (χ0) is 18.7. The van der Waals surface area contributed by atoms with Gasteiger partial charge >= 0.3 is 0 Å². The number of methoxy groups -OCH3 is 1. The fourth-order valence-corrected chi connectivity index (χ4v) is 3.24. The van der Waals surface area contributed by atoms with Crippen LogP contribution in [-0.4, -0.2) is 12.9 Å². The van der Waals surface area contributed by atoms with Gasteiger partial charge in [0.2, 0.25) is 0 Å². The molecule has 2 aromatic carbocycles. The van der Waals surface area contributed by atoms with E-state index >= 15 is 0 Å². The quantitative estimate of drug-likeness (QED) is 0.568. The van der Waals surface area contributed by atoms with Crippen LogP contribution < -0.4 is 4.74 Å². The first-order valence-corrected chi connectivity index (χ1v) is 8.89. The van der Waals surface area contributed by atoms with Crippen LogP contribution in [0.15, 0.2) is 52.9 Å². The van der Waals surface area contributed by atoms with E-state index in [4.69, 9.17) is 9.15 Å². The third kappa shape index (κ3) is 3.43. The molecule has 0 aliphatic carbocycles. The van der Waals surface area contributed by atoms with E-state index in [0.717, 1.165) is 40.4 Å². The molecule has 3 nitrogen and oxygen atoms in total. The van der Waals surface area contributed by atoms with Crippen LogP contribution in [0.5, 0.6) is 5.75 Å². The number of hydrogen-bond acceptors (Lipinski definition) is 3. The van der Waals surface area contributed by atoms with Gasteiger partial charge in [-0.3, -0.25) is 4.79 Å². The Kier molecular flexibility index (Phi) is 5.27.